The molecule has 5 nitrogen and oxygen atoms in total. The summed E-state index contributed by atoms with van der Waals surface area (Å²) in [6, 6.07) is 1.69. The van der Waals surface area contributed by atoms with Crippen molar-refractivity contribution in [3.05, 3.63) is 18.1 Å². The Bertz CT molecular complexity index is 417. The summed E-state index contributed by atoms with van der Waals surface area (Å²) in [7, 11) is 0. The van der Waals surface area contributed by atoms with Crippen LogP contribution in [-0.2, 0) is 4.79 Å². The molecule has 1 unspecified atom stereocenters. The Morgan fingerprint density at radius 2 is 2.31 bits per heavy atom. The summed E-state index contributed by atoms with van der Waals surface area (Å²) in [4.78, 5) is 19.4. The highest BCUT2D eigenvalue weighted by atomic mass is 16.4. The van der Waals surface area contributed by atoms with Crippen LogP contribution < -0.4 is 5.32 Å². The summed E-state index contributed by atoms with van der Waals surface area (Å²) in [6.07, 6.45) is 3.54. The Kier molecular flexibility index (Phi) is 2.53. The van der Waals surface area contributed by atoms with E-state index < -0.39 is 11.5 Å². The van der Waals surface area contributed by atoms with Crippen molar-refractivity contribution in [1.29, 1.82) is 0 Å². The molecule has 0 aliphatic heterocycles. The van der Waals surface area contributed by atoms with Crippen molar-refractivity contribution in [3.63, 3.8) is 0 Å². The van der Waals surface area contributed by atoms with Crippen molar-refractivity contribution in [1.82, 2.24) is 9.97 Å². The van der Waals surface area contributed by atoms with Gasteiger partial charge in [-0.3, -0.25) is 0 Å². The standard InChI is InChI=1S/C11H15N3O2/c1-7-12-6-5-9(13-7)14-11(2,10(15)16)8-3-4-8/h5-6,8H,3-4H2,1-2H3,(H,15,16)(H,12,13,14). The molecule has 1 heterocycles. The number of aliphatic carboxylic acids is 1. The van der Waals surface area contributed by atoms with E-state index in [1.54, 1.807) is 26.1 Å². The number of rotatable bonds is 4. The lowest BCUT2D eigenvalue weighted by Gasteiger charge is -2.26. The molecule has 2 N–H and O–H groups in total. The van der Waals surface area contributed by atoms with Gasteiger partial charge in [0.15, 0.2) is 0 Å². The van der Waals surface area contributed by atoms with Crippen molar-refractivity contribution in [2.45, 2.75) is 32.2 Å². The topological polar surface area (TPSA) is 75.1 Å². The van der Waals surface area contributed by atoms with Gasteiger partial charge in [0.25, 0.3) is 0 Å². The molecule has 86 valence electrons. The van der Waals surface area contributed by atoms with Gasteiger partial charge in [-0.05, 0) is 38.7 Å². The number of nitrogens with zero attached hydrogens (tertiary/aromatic N) is 2. The number of hydrogen-bond acceptors (Lipinski definition) is 4. The summed E-state index contributed by atoms with van der Waals surface area (Å²) in [5.41, 5.74) is -0.916. The molecule has 5 heteroatoms. The Balaban J connectivity index is 2.21. The minimum Gasteiger partial charge on any atom is -0.480 e. The number of carbonyl (C=O) groups is 1. The van der Waals surface area contributed by atoms with Crippen LogP contribution in [0.25, 0.3) is 0 Å². The van der Waals surface area contributed by atoms with Crippen LogP contribution in [0.4, 0.5) is 5.82 Å². The quantitative estimate of drug-likeness (QED) is 0.804. The molecule has 0 bridgehead atoms. The number of nitrogens with one attached hydrogen (secondary N) is 1. The van der Waals surface area contributed by atoms with Gasteiger partial charge in [0.2, 0.25) is 0 Å². The summed E-state index contributed by atoms with van der Waals surface area (Å²) in [5, 5.41) is 12.3. The van der Waals surface area contributed by atoms with E-state index in [0.29, 0.717) is 11.6 Å². The van der Waals surface area contributed by atoms with E-state index in [9.17, 15) is 9.90 Å². The zero-order valence-corrected chi connectivity index (χ0v) is 9.40. The summed E-state index contributed by atoms with van der Waals surface area (Å²) >= 11 is 0. The molecule has 0 aromatic carbocycles. The summed E-state index contributed by atoms with van der Waals surface area (Å²) in [5.74, 6) is 0.573. The number of anilines is 1. The molecular weight excluding hydrogens is 206 g/mol. The smallest absolute Gasteiger partial charge is 0.329 e. The van der Waals surface area contributed by atoms with Crippen LogP contribution in [0.5, 0.6) is 0 Å². The molecule has 0 spiro atoms. The van der Waals surface area contributed by atoms with Gasteiger partial charge < -0.3 is 10.4 Å². The molecule has 0 amide bonds. The monoisotopic (exact) mass is 221 g/mol. The van der Waals surface area contributed by atoms with Gasteiger partial charge in [0, 0.05) is 6.20 Å². The van der Waals surface area contributed by atoms with Crippen LogP contribution in [0.15, 0.2) is 12.3 Å². The lowest BCUT2D eigenvalue weighted by Crippen LogP contribution is -2.45. The van der Waals surface area contributed by atoms with Crippen LogP contribution in [0.1, 0.15) is 25.6 Å². The lowest BCUT2D eigenvalue weighted by atomic mass is 9.96. The van der Waals surface area contributed by atoms with Crippen LogP contribution >= 0.6 is 0 Å². The summed E-state index contributed by atoms with van der Waals surface area (Å²) < 4.78 is 0. The van der Waals surface area contributed by atoms with Gasteiger partial charge >= 0.3 is 5.97 Å². The van der Waals surface area contributed by atoms with E-state index in [4.69, 9.17) is 0 Å². The predicted molar refractivity (Wildman–Crippen MR) is 59.2 cm³/mol. The molecule has 1 aliphatic rings. The second kappa shape index (κ2) is 3.73. The maximum absolute atomic E-state index is 11.3. The number of hydrogen-bond donors (Lipinski definition) is 2. The SMILES string of the molecule is Cc1nccc(NC(C)(C(=O)O)C2CC2)n1. The first-order valence-electron chi connectivity index (χ1n) is 5.33. The maximum Gasteiger partial charge on any atom is 0.329 e. The zero-order chi connectivity index (χ0) is 11.8. The van der Waals surface area contributed by atoms with E-state index in [-0.39, 0.29) is 5.92 Å². The molecule has 2 rings (SSSR count). The normalized spacial score (nSPS) is 18.9. The third-order valence-electron chi connectivity index (χ3n) is 3.00. The van der Waals surface area contributed by atoms with Gasteiger partial charge in [0.05, 0.1) is 0 Å². The van der Waals surface area contributed by atoms with Crippen molar-refractivity contribution in [3.8, 4) is 0 Å². The second-order valence-corrected chi connectivity index (χ2v) is 4.40. The van der Waals surface area contributed by atoms with E-state index >= 15 is 0 Å². The Labute approximate surface area is 93.9 Å². The first-order valence-corrected chi connectivity index (χ1v) is 5.33. The third-order valence-corrected chi connectivity index (χ3v) is 3.00. The first-order chi connectivity index (χ1) is 7.52. The molecule has 1 atom stereocenters. The van der Waals surface area contributed by atoms with Crippen molar-refractivity contribution < 1.29 is 9.90 Å². The molecule has 1 fully saturated rings. The first kappa shape index (κ1) is 10.9. The fourth-order valence-electron chi connectivity index (χ4n) is 1.78. The molecule has 1 aliphatic carbocycles. The Morgan fingerprint density at radius 3 is 2.81 bits per heavy atom. The minimum absolute atomic E-state index is 0.195. The number of carboxylic acids is 1. The zero-order valence-electron chi connectivity index (χ0n) is 9.40. The average molecular weight is 221 g/mol. The molecular formula is C11H15N3O2. The van der Waals surface area contributed by atoms with Crippen LogP contribution in [0.3, 0.4) is 0 Å². The molecule has 1 aromatic rings. The lowest BCUT2D eigenvalue weighted by molar-refractivity contribution is -0.142. The third kappa shape index (κ3) is 1.98. The number of aryl methyl sites for hydroxylation is 1. The molecule has 0 radical (unpaired) electrons. The van der Waals surface area contributed by atoms with Crippen LogP contribution in [-0.4, -0.2) is 26.6 Å². The largest absolute Gasteiger partial charge is 0.480 e. The van der Waals surface area contributed by atoms with Crippen LogP contribution in [0.2, 0.25) is 0 Å². The fourth-order valence-corrected chi connectivity index (χ4v) is 1.78. The Hall–Kier alpha value is -1.65. The average Bonchev–Trinajstić information content (AvgIpc) is 3.00. The number of carboxylic acid groups (broad SMARTS) is 1. The molecule has 1 saturated carbocycles. The van der Waals surface area contributed by atoms with Crippen molar-refractivity contribution in [2.24, 2.45) is 5.92 Å². The van der Waals surface area contributed by atoms with Gasteiger partial charge in [-0.15, -0.1) is 0 Å². The van der Waals surface area contributed by atoms with Crippen molar-refractivity contribution >= 4 is 11.8 Å². The second-order valence-electron chi connectivity index (χ2n) is 4.40. The van der Waals surface area contributed by atoms with Gasteiger partial charge in [0.1, 0.15) is 17.2 Å². The summed E-state index contributed by atoms with van der Waals surface area (Å²) in [6.45, 7) is 3.49. The highest BCUT2D eigenvalue weighted by molar-refractivity contribution is 5.82. The van der Waals surface area contributed by atoms with Gasteiger partial charge in [-0.1, -0.05) is 0 Å². The van der Waals surface area contributed by atoms with E-state index in [1.165, 1.54) is 0 Å². The minimum atomic E-state index is -0.916. The molecule has 16 heavy (non-hydrogen) atoms. The molecule has 0 saturated heterocycles. The maximum atomic E-state index is 11.3. The highest BCUT2D eigenvalue weighted by Gasteiger charge is 2.47. The molecule has 1 aromatic heterocycles. The van der Waals surface area contributed by atoms with E-state index in [0.717, 1.165) is 12.8 Å². The highest BCUT2D eigenvalue weighted by Crippen LogP contribution is 2.41. The fraction of sp³-hybridized carbons (Fsp3) is 0.545. The van der Waals surface area contributed by atoms with Gasteiger partial charge in [-0.25, -0.2) is 14.8 Å². The van der Waals surface area contributed by atoms with E-state index in [2.05, 4.69) is 15.3 Å². The number of aromatic nitrogens is 2. The van der Waals surface area contributed by atoms with E-state index in [1.807, 2.05) is 0 Å². The Morgan fingerprint density at radius 1 is 1.62 bits per heavy atom. The predicted octanol–water partition coefficient (Wildman–Crippen LogP) is 1.45. The van der Waals surface area contributed by atoms with Crippen LogP contribution in [0, 0.1) is 12.8 Å². The van der Waals surface area contributed by atoms with Gasteiger partial charge in [-0.2, -0.15) is 0 Å². The van der Waals surface area contributed by atoms with Crippen molar-refractivity contribution in [2.75, 3.05) is 5.32 Å².